The molecule has 5 nitrogen and oxygen atoms in total. The number of carbonyl (C=O) groups excluding carboxylic acids is 1. The lowest BCUT2D eigenvalue weighted by Crippen LogP contribution is -2.50. The zero-order valence-corrected chi connectivity index (χ0v) is 13.6. The summed E-state index contributed by atoms with van der Waals surface area (Å²) < 4.78 is 0. The van der Waals surface area contributed by atoms with E-state index in [-0.39, 0.29) is 11.9 Å². The summed E-state index contributed by atoms with van der Waals surface area (Å²) in [6.07, 6.45) is 11.9. The Balaban J connectivity index is 1.42. The number of likely N-dealkylation sites (tertiary alicyclic amines) is 1. The van der Waals surface area contributed by atoms with Gasteiger partial charge in [-0.25, -0.2) is 4.98 Å². The molecule has 3 rings (SSSR count). The average Bonchev–Trinajstić information content (AvgIpc) is 3.21. The van der Waals surface area contributed by atoms with Gasteiger partial charge in [-0.1, -0.05) is 12.8 Å². The number of nitrogens with zero attached hydrogens (tertiary/aromatic N) is 2. The number of rotatable bonds is 5. The summed E-state index contributed by atoms with van der Waals surface area (Å²) in [4.78, 5) is 22.2. The largest absolute Gasteiger partial charge is 0.352 e. The van der Waals surface area contributed by atoms with E-state index in [0.29, 0.717) is 12.0 Å². The Kier molecular flexibility index (Phi) is 5.13. The number of carbonyl (C=O) groups is 1. The highest BCUT2D eigenvalue weighted by molar-refractivity contribution is 5.81. The van der Waals surface area contributed by atoms with E-state index >= 15 is 0 Å². The van der Waals surface area contributed by atoms with E-state index in [9.17, 15) is 4.79 Å². The fourth-order valence-electron chi connectivity index (χ4n) is 3.79. The molecule has 1 saturated heterocycles. The van der Waals surface area contributed by atoms with Crippen LogP contribution in [-0.4, -0.2) is 45.9 Å². The first-order chi connectivity index (χ1) is 10.7. The molecule has 0 radical (unpaired) electrons. The average molecular weight is 304 g/mol. The molecular weight excluding hydrogens is 276 g/mol. The van der Waals surface area contributed by atoms with Crippen molar-refractivity contribution in [2.45, 2.75) is 64.0 Å². The van der Waals surface area contributed by atoms with Gasteiger partial charge in [0.15, 0.2) is 0 Å². The van der Waals surface area contributed by atoms with Crippen LogP contribution in [0.5, 0.6) is 0 Å². The van der Waals surface area contributed by atoms with Crippen LogP contribution in [0.25, 0.3) is 0 Å². The molecule has 0 spiro atoms. The monoisotopic (exact) mass is 304 g/mol. The second-order valence-corrected chi connectivity index (χ2v) is 6.89. The maximum atomic E-state index is 12.4. The Bertz CT molecular complexity index is 459. The van der Waals surface area contributed by atoms with Gasteiger partial charge in [0.25, 0.3) is 0 Å². The van der Waals surface area contributed by atoms with Crippen LogP contribution in [0, 0.1) is 5.92 Å². The first kappa shape index (κ1) is 15.5. The Morgan fingerprint density at radius 3 is 2.73 bits per heavy atom. The van der Waals surface area contributed by atoms with E-state index in [1.807, 2.05) is 12.4 Å². The summed E-state index contributed by atoms with van der Waals surface area (Å²) in [7, 11) is 0. The Labute approximate surface area is 132 Å². The topological polar surface area (TPSA) is 61.0 Å². The SMILES string of the molecule is CC(C(=O)NC1CCCC1)N1CCC(Cc2ncc[nH]2)CC1. The summed E-state index contributed by atoms with van der Waals surface area (Å²) in [6.45, 7) is 4.09. The molecule has 1 aromatic heterocycles. The van der Waals surface area contributed by atoms with Crippen molar-refractivity contribution < 1.29 is 4.79 Å². The molecule has 0 bridgehead atoms. The first-order valence-electron chi connectivity index (χ1n) is 8.75. The van der Waals surface area contributed by atoms with Crippen LogP contribution >= 0.6 is 0 Å². The minimum atomic E-state index is 0.00478. The fourth-order valence-corrected chi connectivity index (χ4v) is 3.79. The second-order valence-electron chi connectivity index (χ2n) is 6.89. The second kappa shape index (κ2) is 7.27. The van der Waals surface area contributed by atoms with Gasteiger partial charge < -0.3 is 10.3 Å². The van der Waals surface area contributed by atoms with Crippen LogP contribution in [0.4, 0.5) is 0 Å². The van der Waals surface area contributed by atoms with Gasteiger partial charge in [-0.3, -0.25) is 9.69 Å². The smallest absolute Gasteiger partial charge is 0.237 e. The lowest BCUT2D eigenvalue weighted by molar-refractivity contribution is -0.127. The third kappa shape index (κ3) is 3.88. The highest BCUT2D eigenvalue weighted by Gasteiger charge is 2.28. The minimum absolute atomic E-state index is 0.00478. The maximum Gasteiger partial charge on any atom is 0.237 e. The van der Waals surface area contributed by atoms with Crippen LogP contribution in [-0.2, 0) is 11.2 Å². The van der Waals surface area contributed by atoms with Crippen molar-refractivity contribution in [2.75, 3.05) is 13.1 Å². The van der Waals surface area contributed by atoms with E-state index < -0.39 is 0 Å². The van der Waals surface area contributed by atoms with Crippen molar-refractivity contribution in [1.29, 1.82) is 0 Å². The van der Waals surface area contributed by atoms with Gasteiger partial charge in [-0.05, 0) is 51.6 Å². The van der Waals surface area contributed by atoms with Gasteiger partial charge >= 0.3 is 0 Å². The van der Waals surface area contributed by atoms with Crippen LogP contribution in [0.15, 0.2) is 12.4 Å². The lowest BCUT2D eigenvalue weighted by atomic mass is 9.92. The summed E-state index contributed by atoms with van der Waals surface area (Å²) in [5.41, 5.74) is 0. The molecule has 1 amide bonds. The molecule has 1 aliphatic carbocycles. The highest BCUT2D eigenvalue weighted by Crippen LogP contribution is 2.22. The van der Waals surface area contributed by atoms with E-state index in [2.05, 4.69) is 27.1 Å². The molecule has 1 aromatic rings. The number of aromatic nitrogens is 2. The van der Waals surface area contributed by atoms with E-state index in [4.69, 9.17) is 0 Å². The van der Waals surface area contributed by atoms with E-state index in [0.717, 1.165) is 51.0 Å². The number of aromatic amines is 1. The minimum Gasteiger partial charge on any atom is -0.352 e. The van der Waals surface area contributed by atoms with E-state index in [1.165, 1.54) is 12.8 Å². The number of piperidine rings is 1. The number of hydrogen-bond acceptors (Lipinski definition) is 3. The number of nitrogens with one attached hydrogen (secondary N) is 2. The van der Waals surface area contributed by atoms with Gasteiger partial charge in [-0.2, -0.15) is 0 Å². The molecule has 1 saturated carbocycles. The number of H-pyrrole nitrogens is 1. The molecule has 1 atom stereocenters. The lowest BCUT2D eigenvalue weighted by Gasteiger charge is -2.35. The third-order valence-corrected chi connectivity index (χ3v) is 5.31. The molecule has 2 fully saturated rings. The number of amides is 1. The molecule has 1 unspecified atom stereocenters. The number of hydrogen-bond donors (Lipinski definition) is 2. The van der Waals surface area contributed by atoms with Crippen molar-refractivity contribution in [3.63, 3.8) is 0 Å². The van der Waals surface area contributed by atoms with Crippen molar-refractivity contribution in [3.8, 4) is 0 Å². The standard InChI is InChI=1S/C17H28N4O/c1-13(17(22)20-15-4-2-3-5-15)21-10-6-14(7-11-21)12-16-18-8-9-19-16/h8-9,13-15H,2-7,10-12H2,1H3,(H,18,19)(H,20,22). The van der Waals surface area contributed by atoms with Crippen LogP contribution in [0.3, 0.4) is 0 Å². The molecule has 0 aromatic carbocycles. The van der Waals surface area contributed by atoms with Gasteiger partial charge in [0, 0.05) is 24.9 Å². The Hall–Kier alpha value is -1.36. The quantitative estimate of drug-likeness (QED) is 0.876. The molecule has 5 heteroatoms. The van der Waals surface area contributed by atoms with Crippen molar-refractivity contribution in [2.24, 2.45) is 5.92 Å². The third-order valence-electron chi connectivity index (χ3n) is 5.31. The van der Waals surface area contributed by atoms with Crippen molar-refractivity contribution in [1.82, 2.24) is 20.2 Å². The van der Waals surface area contributed by atoms with Crippen LogP contribution in [0.2, 0.25) is 0 Å². The summed E-state index contributed by atoms with van der Waals surface area (Å²) in [6, 6.07) is 0.427. The Morgan fingerprint density at radius 2 is 2.09 bits per heavy atom. The Morgan fingerprint density at radius 1 is 1.36 bits per heavy atom. The predicted molar refractivity (Wildman–Crippen MR) is 86.4 cm³/mol. The van der Waals surface area contributed by atoms with E-state index in [1.54, 1.807) is 0 Å². The summed E-state index contributed by atoms with van der Waals surface area (Å²) in [5.74, 6) is 1.99. The number of imidazole rings is 1. The van der Waals surface area contributed by atoms with Gasteiger partial charge in [0.1, 0.15) is 5.82 Å². The zero-order valence-electron chi connectivity index (χ0n) is 13.6. The molecule has 2 heterocycles. The molecular formula is C17H28N4O. The fraction of sp³-hybridized carbons (Fsp3) is 0.765. The molecule has 1 aliphatic heterocycles. The first-order valence-corrected chi connectivity index (χ1v) is 8.75. The molecule has 2 aliphatic rings. The molecule has 2 N–H and O–H groups in total. The molecule has 22 heavy (non-hydrogen) atoms. The highest BCUT2D eigenvalue weighted by atomic mass is 16.2. The van der Waals surface area contributed by atoms with Gasteiger partial charge in [0.2, 0.25) is 5.91 Å². The van der Waals surface area contributed by atoms with Crippen LogP contribution < -0.4 is 5.32 Å². The van der Waals surface area contributed by atoms with Crippen molar-refractivity contribution >= 4 is 5.91 Å². The predicted octanol–water partition coefficient (Wildman–Crippen LogP) is 2.11. The van der Waals surface area contributed by atoms with Crippen LogP contribution in [0.1, 0.15) is 51.3 Å². The summed E-state index contributed by atoms with van der Waals surface area (Å²) in [5, 5.41) is 3.23. The zero-order chi connectivity index (χ0) is 15.4. The van der Waals surface area contributed by atoms with Gasteiger partial charge in [0.05, 0.1) is 6.04 Å². The summed E-state index contributed by atoms with van der Waals surface area (Å²) >= 11 is 0. The molecule has 122 valence electrons. The normalized spacial score (nSPS) is 22.8. The van der Waals surface area contributed by atoms with Crippen molar-refractivity contribution in [3.05, 3.63) is 18.2 Å². The van der Waals surface area contributed by atoms with Gasteiger partial charge in [-0.15, -0.1) is 0 Å². The maximum absolute atomic E-state index is 12.4.